The van der Waals surface area contributed by atoms with Gasteiger partial charge in [0.25, 0.3) is 0 Å². The molecule has 2 aromatic rings. The summed E-state index contributed by atoms with van der Waals surface area (Å²) in [7, 11) is 0. The first-order valence-corrected chi connectivity index (χ1v) is 5.74. The van der Waals surface area contributed by atoms with Gasteiger partial charge in [0.2, 0.25) is 0 Å². The summed E-state index contributed by atoms with van der Waals surface area (Å²) < 4.78 is 13.8. The lowest BCUT2D eigenvalue weighted by atomic mass is 10.0. The molecule has 0 bridgehead atoms. The molecule has 0 spiro atoms. The van der Waals surface area contributed by atoms with E-state index in [2.05, 4.69) is 0 Å². The van der Waals surface area contributed by atoms with Crippen LogP contribution in [0, 0.1) is 5.82 Å². The fourth-order valence-corrected chi connectivity index (χ4v) is 1.89. The van der Waals surface area contributed by atoms with Gasteiger partial charge in [-0.15, -0.1) is 11.6 Å². The van der Waals surface area contributed by atoms with Crippen LogP contribution in [0.4, 0.5) is 4.39 Å². The predicted molar refractivity (Wildman–Crippen MR) is 66.3 cm³/mol. The van der Waals surface area contributed by atoms with Crippen LogP contribution in [-0.2, 0) is 6.42 Å². The lowest BCUT2D eigenvalue weighted by Gasteiger charge is -2.05. The second-order valence-electron chi connectivity index (χ2n) is 3.62. The van der Waals surface area contributed by atoms with E-state index in [1.165, 1.54) is 0 Å². The van der Waals surface area contributed by atoms with E-state index >= 15 is 0 Å². The van der Waals surface area contributed by atoms with Gasteiger partial charge in [-0.3, -0.25) is 0 Å². The summed E-state index contributed by atoms with van der Waals surface area (Å²) in [4.78, 5) is 0. The third-order valence-corrected chi connectivity index (χ3v) is 2.69. The molecule has 2 rings (SSSR count). The summed E-state index contributed by atoms with van der Waals surface area (Å²) in [5.41, 5.74) is 2.48. The van der Waals surface area contributed by atoms with Gasteiger partial charge in [0.1, 0.15) is 5.82 Å². The molecule has 0 N–H and O–H groups in total. The zero-order valence-electron chi connectivity index (χ0n) is 8.79. The van der Waals surface area contributed by atoms with Crippen molar-refractivity contribution in [2.24, 2.45) is 0 Å². The molecule has 2 aromatic carbocycles. The lowest BCUT2D eigenvalue weighted by molar-refractivity contribution is 0.629. The van der Waals surface area contributed by atoms with Crippen LogP contribution in [-0.4, -0.2) is 5.88 Å². The Morgan fingerprint density at radius 1 is 1.00 bits per heavy atom. The molecule has 0 aliphatic carbocycles. The van der Waals surface area contributed by atoms with E-state index in [1.54, 1.807) is 6.07 Å². The molecule has 0 aliphatic rings. The SMILES string of the molecule is Fc1cc(CCCl)ccc1-c1ccccc1. The summed E-state index contributed by atoms with van der Waals surface area (Å²) >= 11 is 5.62. The highest BCUT2D eigenvalue weighted by atomic mass is 35.5. The Morgan fingerprint density at radius 2 is 1.75 bits per heavy atom. The van der Waals surface area contributed by atoms with Crippen LogP contribution in [0.1, 0.15) is 5.56 Å². The van der Waals surface area contributed by atoms with Crippen molar-refractivity contribution in [1.82, 2.24) is 0 Å². The summed E-state index contributed by atoms with van der Waals surface area (Å²) in [6.45, 7) is 0. The van der Waals surface area contributed by atoms with E-state index in [-0.39, 0.29) is 5.82 Å². The van der Waals surface area contributed by atoms with Gasteiger partial charge in [-0.05, 0) is 23.6 Å². The topological polar surface area (TPSA) is 0 Å². The molecule has 0 fully saturated rings. The highest BCUT2D eigenvalue weighted by Gasteiger charge is 2.05. The monoisotopic (exact) mass is 234 g/mol. The minimum absolute atomic E-state index is 0.186. The Morgan fingerprint density at radius 3 is 2.38 bits per heavy atom. The minimum Gasteiger partial charge on any atom is -0.206 e. The van der Waals surface area contributed by atoms with Crippen LogP contribution in [0.3, 0.4) is 0 Å². The standard InChI is InChI=1S/C14H12ClF/c15-9-8-11-6-7-13(14(16)10-11)12-4-2-1-3-5-12/h1-7,10H,8-9H2. The fourth-order valence-electron chi connectivity index (χ4n) is 1.68. The molecule has 16 heavy (non-hydrogen) atoms. The van der Waals surface area contributed by atoms with Crippen LogP contribution in [0.25, 0.3) is 11.1 Å². The maximum Gasteiger partial charge on any atom is 0.131 e. The lowest BCUT2D eigenvalue weighted by Crippen LogP contribution is -1.90. The first-order valence-electron chi connectivity index (χ1n) is 5.21. The molecular formula is C14H12ClF. The number of benzene rings is 2. The molecule has 0 radical (unpaired) electrons. The first kappa shape index (κ1) is 11.2. The Labute approximate surface area is 99.7 Å². The average molecular weight is 235 g/mol. The number of rotatable bonds is 3. The van der Waals surface area contributed by atoms with Gasteiger partial charge in [0, 0.05) is 11.4 Å². The third kappa shape index (κ3) is 2.42. The number of halogens is 2. The second-order valence-corrected chi connectivity index (χ2v) is 4.00. The van der Waals surface area contributed by atoms with Crippen molar-refractivity contribution in [3.05, 3.63) is 59.9 Å². The first-order chi connectivity index (χ1) is 7.81. The van der Waals surface area contributed by atoms with E-state index in [1.807, 2.05) is 42.5 Å². The van der Waals surface area contributed by atoms with Gasteiger partial charge < -0.3 is 0 Å². The summed E-state index contributed by atoms with van der Waals surface area (Å²) in [6.07, 6.45) is 0.702. The molecule has 0 unspecified atom stereocenters. The van der Waals surface area contributed by atoms with Crippen LogP contribution >= 0.6 is 11.6 Å². The van der Waals surface area contributed by atoms with Crippen molar-refractivity contribution in [3.8, 4) is 11.1 Å². The second kappa shape index (κ2) is 5.13. The molecule has 82 valence electrons. The smallest absolute Gasteiger partial charge is 0.131 e. The number of alkyl halides is 1. The van der Waals surface area contributed by atoms with Crippen molar-refractivity contribution in [1.29, 1.82) is 0 Å². The Balaban J connectivity index is 2.37. The predicted octanol–water partition coefficient (Wildman–Crippen LogP) is 4.27. The van der Waals surface area contributed by atoms with Crippen LogP contribution in [0.2, 0.25) is 0 Å². The largest absolute Gasteiger partial charge is 0.206 e. The maximum absolute atomic E-state index is 13.8. The van der Waals surface area contributed by atoms with Gasteiger partial charge >= 0.3 is 0 Å². The van der Waals surface area contributed by atoms with Gasteiger partial charge in [-0.2, -0.15) is 0 Å². The highest BCUT2D eigenvalue weighted by Crippen LogP contribution is 2.23. The average Bonchev–Trinajstić information content (AvgIpc) is 2.31. The van der Waals surface area contributed by atoms with Crippen molar-refractivity contribution < 1.29 is 4.39 Å². The van der Waals surface area contributed by atoms with E-state index < -0.39 is 0 Å². The maximum atomic E-state index is 13.8. The Kier molecular flexibility index (Phi) is 3.58. The van der Waals surface area contributed by atoms with Crippen molar-refractivity contribution in [2.75, 3.05) is 5.88 Å². The zero-order chi connectivity index (χ0) is 11.4. The number of aryl methyl sites for hydroxylation is 1. The summed E-state index contributed by atoms with van der Waals surface area (Å²) in [6, 6.07) is 14.8. The van der Waals surface area contributed by atoms with Gasteiger partial charge in [-0.25, -0.2) is 4.39 Å². The van der Waals surface area contributed by atoms with Crippen LogP contribution in [0.5, 0.6) is 0 Å². The van der Waals surface area contributed by atoms with Crippen molar-refractivity contribution in [3.63, 3.8) is 0 Å². The van der Waals surface area contributed by atoms with Crippen molar-refractivity contribution >= 4 is 11.6 Å². The molecular weight excluding hydrogens is 223 g/mol. The molecule has 0 amide bonds. The molecule has 0 saturated heterocycles. The van der Waals surface area contributed by atoms with Crippen LogP contribution in [0.15, 0.2) is 48.5 Å². The van der Waals surface area contributed by atoms with Gasteiger partial charge in [-0.1, -0.05) is 42.5 Å². The summed E-state index contributed by atoms with van der Waals surface area (Å²) in [5, 5.41) is 0. The van der Waals surface area contributed by atoms with E-state index in [0.29, 0.717) is 17.9 Å². The molecule has 0 aromatic heterocycles. The Bertz CT molecular complexity index is 465. The molecule has 0 heterocycles. The zero-order valence-corrected chi connectivity index (χ0v) is 9.54. The van der Waals surface area contributed by atoms with Gasteiger partial charge in [0.15, 0.2) is 0 Å². The third-order valence-electron chi connectivity index (χ3n) is 2.50. The molecule has 0 aliphatic heterocycles. The normalized spacial score (nSPS) is 10.4. The number of hydrogen-bond acceptors (Lipinski definition) is 0. The quantitative estimate of drug-likeness (QED) is 0.696. The van der Waals surface area contributed by atoms with E-state index in [0.717, 1.165) is 11.1 Å². The molecule has 0 nitrogen and oxygen atoms in total. The molecule has 2 heteroatoms. The van der Waals surface area contributed by atoms with Crippen molar-refractivity contribution in [2.45, 2.75) is 6.42 Å². The summed E-state index contributed by atoms with van der Waals surface area (Å²) in [5.74, 6) is 0.332. The molecule has 0 saturated carbocycles. The van der Waals surface area contributed by atoms with E-state index in [4.69, 9.17) is 11.6 Å². The van der Waals surface area contributed by atoms with E-state index in [9.17, 15) is 4.39 Å². The fraction of sp³-hybridized carbons (Fsp3) is 0.143. The minimum atomic E-state index is -0.186. The highest BCUT2D eigenvalue weighted by molar-refractivity contribution is 6.17. The van der Waals surface area contributed by atoms with Gasteiger partial charge in [0.05, 0.1) is 0 Å². The van der Waals surface area contributed by atoms with Crippen LogP contribution < -0.4 is 0 Å². The number of hydrogen-bond donors (Lipinski definition) is 0. The Hall–Kier alpha value is -1.34. The molecule has 0 atom stereocenters.